The first-order chi connectivity index (χ1) is 14.4. The number of hydrogen-bond acceptors (Lipinski definition) is 7. The van der Waals surface area contributed by atoms with Crippen LogP contribution in [-0.2, 0) is 9.59 Å². The Bertz CT molecular complexity index is 1030. The minimum atomic E-state index is -0.630. The lowest BCUT2D eigenvalue weighted by molar-refractivity contribution is -0.705. The Kier molecular flexibility index (Phi) is 6.58. The Labute approximate surface area is 177 Å². The van der Waals surface area contributed by atoms with Gasteiger partial charge in [-0.1, -0.05) is 0 Å². The van der Waals surface area contributed by atoms with E-state index in [4.69, 9.17) is 9.26 Å². The van der Waals surface area contributed by atoms with Gasteiger partial charge in [-0.15, -0.1) is 0 Å². The van der Waals surface area contributed by atoms with E-state index < -0.39 is 11.2 Å². The summed E-state index contributed by atoms with van der Waals surface area (Å²) < 4.78 is 11.3. The van der Waals surface area contributed by atoms with Crippen molar-refractivity contribution in [2.24, 2.45) is 0 Å². The molecule has 0 bridgehead atoms. The minimum absolute atomic E-state index is 0.177. The minimum Gasteiger partial charge on any atom is -0.538 e. The molecule has 0 aliphatic carbocycles. The van der Waals surface area contributed by atoms with Gasteiger partial charge in [0.25, 0.3) is 5.03 Å². The Hall–Kier alpha value is -3.53. The van der Waals surface area contributed by atoms with E-state index in [9.17, 15) is 14.7 Å². The molecular formula is C20H20N4O5S. The number of nitrogens with one attached hydrogen (secondary N) is 2. The Balaban J connectivity index is 1.69. The quantitative estimate of drug-likeness (QED) is 0.437. The van der Waals surface area contributed by atoms with E-state index in [-0.39, 0.29) is 16.8 Å². The summed E-state index contributed by atoms with van der Waals surface area (Å²) >= 11 is 1.04. The highest BCUT2D eigenvalue weighted by molar-refractivity contribution is 8.00. The van der Waals surface area contributed by atoms with Crippen LogP contribution in [0.3, 0.4) is 0 Å². The summed E-state index contributed by atoms with van der Waals surface area (Å²) in [5.74, 6) is -0.440. The zero-order valence-corrected chi connectivity index (χ0v) is 17.4. The molecule has 10 heteroatoms. The smallest absolute Gasteiger partial charge is 0.298 e. The lowest BCUT2D eigenvalue weighted by atomic mass is 10.2. The van der Waals surface area contributed by atoms with Gasteiger partial charge in [-0.25, -0.2) is 0 Å². The largest absolute Gasteiger partial charge is 0.538 e. The van der Waals surface area contributed by atoms with Gasteiger partial charge in [-0.05, 0) is 59.8 Å². The molecule has 0 fully saturated rings. The SMILES string of the molecule is COc1ccc(-[n+]2noc([O-])c2SC(C)C(=O)Nc2ccc(NC(C)=O)cc2)cc1. The van der Waals surface area contributed by atoms with Crippen LogP contribution in [0.2, 0.25) is 0 Å². The van der Waals surface area contributed by atoms with E-state index in [1.165, 1.54) is 11.6 Å². The molecule has 9 nitrogen and oxygen atoms in total. The highest BCUT2D eigenvalue weighted by atomic mass is 32.2. The molecule has 0 saturated heterocycles. The van der Waals surface area contributed by atoms with Crippen molar-refractivity contribution in [2.75, 3.05) is 17.7 Å². The van der Waals surface area contributed by atoms with Gasteiger partial charge in [0.1, 0.15) is 5.75 Å². The van der Waals surface area contributed by atoms with Gasteiger partial charge in [0.05, 0.1) is 17.6 Å². The Morgan fingerprint density at radius 3 is 2.27 bits per heavy atom. The maximum absolute atomic E-state index is 12.6. The molecule has 0 aliphatic heterocycles. The predicted molar refractivity (Wildman–Crippen MR) is 109 cm³/mol. The van der Waals surface area contributed by atoms with Gasteiger partial charge in [0.2, 0.25) is 17.5 Å². The second-order valence-electron chi connectivity index (χ2n) is 6.28. The number of hydrogen-bond donors (Lipinski definition) is 2. The van der Waals surface area contributed by atoms with Gasteiger partial charge in [0, 0.05) is 30.4 Å². The molecule has 156 valence electrons. The first-order valence-corrected chi connectivity index (χ1v) is 9.84. The number of aromatic nitrogens is 2. The van der Waals surface area contributed by atoms with Crippen molar-refractivity contribution >= 4 is 35.0 Å². The van der Waals surface area contributed by atoms with Crippen molar-refractivity contribution in [2.45, 2.75) is 24.1 Å². The number of anilines is 2. The van der Waals surface area contributed by atoms with E-state index in [0.717, 1.165) is 11.8 Å². The molecular weight excluding hydrogens is 408 g/mol. The van der Waals surface area contributed by atoms with Crippen LogP contribution in [0, 0.1) is 0 Å². The number of thioether (sulfide) groups is 1. The van der Waals surface area contributed by atoms with Gasteiger partial charge in [-0.2, -0.15) is 0 Å². The zero-order valence-electron chi connectivity index (χ0n) is 16.5. The van der Waals surface area contributed by atoms with E-state index in [0.29, 0.717) is 22.8 Å². The molecule has 0 spiro atoms. The summed E-state index contributed by atoms with van der Waals surface area (Å²) in [6.45, 7) is 3.10. The zero-order chi connectivity index (χ0) is 21.7. The van der Waals surface area contributed by atoms with E-state index in [2.05, 4.69) is 15.9 Å². The predicted octanol–water partition coefficient (Wildman–Crippen LogP) is 2.11. The molecule has 2 N–H and O–H groups in total. The topological polar surface area (TPSA) is 120 Å². The number of carbonyl (C=O) groups is 2. The fourth-order valence-electron chi connectivity index (χ4n) is 2.53. The number of benzene rings is 2. The van der Waals surface area contributed by atoms with Crippen LogP contribution in [0.15, 0.2) is 58.1 Å². The van der Waals surface area contributed by atoms with Crippen LogP contribution < -0.4 is 25.2 Å². The third-order valence-electron chi connectivity index (χ3n) is 4.02. The lowest BCUT2D eigenvalue weighted by Crippen LogP contribution is -2.36. The van der Waals surface area contributed by atoms with Crippen LogP contribution in [-0.4, -0.2) is 29.4 Å². The van der Waals surface area contributed by atoms with Crippen molar-refractivity contribution in [3.63, 3.8) is 0 Å². The molecule has 30 heavy (non-hydrogen) atoms. The van der Waals surface area contributed by atoms with Crippen LogP contribution in [0.25, 0.3) is 5.69 Å². The van der Waals surface area contributed by atoms with Crippen LogP contribution in [0.4, 0.5) is 11.4 Å². The van der Waals surface area contributed by atoms with E-state index in [1.54, 1.807) is 62.6 Å². The molecule has 2 aromatic carbocycles. The second-order valence-corrected chi connectivity index (χ2v) is 7.61. The highest BCUT2D eigenvalue weighted by Crippen LogP contribution is 2.28. The van der Waals surface area contributed by atoms with E-state index in [1.807, 2.05) is 0 Å². The maximum Gasteiger partial charge on any atom is 0.298 e. The van der Waals surface area contributed by atoms with Crippen LogP contribution in [0.1, 0.15) is 13.8 Å². The number of methoxy groups -OCH3 is 1. The van der Waals surface area contributed by atoms with Gasteiger partial charge in [0.15, 0.2) is 5.95 Å². The summed E-state index contributed by atoms with van der Waals surface area (Å²) in [6, 6.07) is 13.6. The number of amides is 2. The summed E-state index contributed by atoms with van der Waals surface area (Å²) in [5, 5.41) is 20.9. The summed E-state index contributed by atoms with van der Waals surface area (Å²) in [7, 11) is 1.56. The van der Waals surface area contributed by atoms with Gasteiger partial charge in [-0.3, -0.25) is 9.59 Å². The molecule has 3 rings (SSSR count). The van der Waals surface area contributed by atoms with E-state index >= 15 is 0 Å². The molecule has 3 aromatic rings. The van der Waals surface area contributed by atoms with Crippen LogP contribution >= 0.6 is 11.8 Å². The number of rotatable bonds is 7. The fraction of sp³-hybridized carbons (Fsp3) is 0.200. The average molecular weight is 428 g/mol. The molecule has 1 atom stereocenters. The number of ether oxygens (including phenoxy) is 1. The summed E-state index contributed by atoms with van der Waals surface area (Å²) in [4.78, 5) is 23.6. The Morgan fingerprint density at radius 2 is 1.70 bits per heavy atom. The standard InChI is InChI=1S/C20H20N4O5S/c1-12(18(26)22-15-6-4-14(5-7-15)21-13(2)25)30-19-20(27)29-23-24(19)16-8-10-17(28-3)11-9-16/h4-12,23,27H,1-3H3. The van der Waals surface area contributed by atoms with Crippen molar-refractivity contribution in [1.29, 1.82) is 0 Å². The van der Waals surface area contributed by atoms with Crippen molar-refractivity contribution < 1.29 is 28.6 Å². The Morgan fingerprint density at radius 1 is 1.10 bits per heavy atom. The first kappa shape index (κ1) is 21.2. The molecule has 1 heterocycles. The number of carbonyl (C=O) groups excluding carboxylic acids is 2. The first-order valence-electron chi connectivity index (χ1n) is 8.96. The maximum atomic E-state index is 12.6. The van der Waals surface area contributed by atoms with Crippen molar-refractivity contribution in [1.82, 2.24) is 5.27 Å². The molecule has 2 amide bonds. The fourth-order valence-corrected chi connectivity index (χ4v) is 3.40. The normalized spacial score (nSPS) is 11.6. The van der Waals surface area contributed by atoms with Crippen LogP contribution in [0.5, 0.6) is 11.7 Å². The average Bonchev–Trinajstić information content (AvgIpc) is 3.09. The third kappa shape index (κ3) is 5.09. The molecule has 1 unspecified atom stereocenters. The van der Waals surface area contributed by atoms with Gasteiger partial charge < -0.3 is 25.0 Å². The summed E-state index contributed by atoms with van der Waals surface area (Å²) in [6.07, 6.45) is 0. The molecule has 1 aromatic heterocycles. The summed E-state index contributed by atoms with van der Waals surface area (Å²) in [5.41, 5.74) is 1.80. The second kappa shape index (κ2) is 9.31. The number of nitrogens with zero attached hydrogens (tertiary/aromatic N) is 2. The van der Waals surface area contributed by atoms with Gasteiger partial charge >= 0.3 is 0 Å². The highest BCUT2D eigenvalue weighted by Gasteiger charge is 2.26. The monoisotopic (exact) mass is 428 g/mol. The van der Waals surface area contributed by atoms with Crippen molar-refractivity contribution in [3.05, 3.63) is 48.5 Å². The lowest BCUT2D eigenvalue weighted by Gasteiger charge is -2.11. The molecule has 0 saturated carbocycles. The third-order valence-corrected chi connectivity index (χ3v) is 5.15. The molecule has 0 radical (unpaired) electrons. The molecule has 0 aliphatic rings. The van der Waals surface area contributed by atoms with Crippen molar-refractivity contribution in [3.8, 4) is 17.4 Å².